The van der Waals surface area contributed by atoms with Crippen LogP contribution in [0.4, 0.5) is 0 Å². The third-order valence-electron chi connectivity index (χ3n) is 3.41. The summed E-state index contributed by atoms with van der Waals surface area (Å²) in [5.41, 5.74) is 2.65. The highest BCUT2D eigenvalue weighted by Crippen LogP contribution is 2.26. The maximum absolute atomic E-state index is 5.46. The van der Waals surface area contributed by atoms with Gasteiger partial charge in [0.05, 0.1) is 7.11 Å². The van der Waals surface area contributed by atoms with E-state index in [1.165, 1.54) is 24.0 Å². The molecule has 0 aliphatic heterocycles. The summed E-state index contributed by atoms with van der Waals surface area (Å²) in [5.74, 6) is 3.13. The summed E-state index contributed by atoms with van der Waals surface area (Å²) in [6.07, 6.45) is 3.77. The minimum atomic E-state index is 0.754. The fourth-order valence-corrected chi connectivity index (χ4v) is 3.00. The first-order valence-electron chi connectivity index (χ1n) is 7.29. The van der Waals surface area contributed by atoms with E-state index in [1.807, 2.05) is 11.8 Å². The van der Waals surface area contributed by atoms with Crippen molar-refractivity contribution in [3.63, 3.8) is 0 Å². The molecule has 0 radical (unpaired) electrons. The van der Waals surface area contributed by atoms with E-state index in [9.17, 15) is 0 Å². The van der Waals surface area contributed by atoms with Crippen LogP contribution in [0.15, 0.2) is 18.2 Å². The van der Waals surface area contributed by atoms with E-state index < -0.39 is 0 Å². The van der Waals surface area contributed by atoms with Crippen molar-refractivity contribution in [1.82, 2.24) is 5.32 Å². The molecule has 1 aromatic rings. The van der Waals surface area contributed by atoms with Gasteiger partial charge in [0.25, 0.3) is 0 Å². The van der Waals surface area contributed by atoms with E-state index in [-0.39, 0.29) is 0 Å². The number of methoxy groups -OCH3 is 2. The maximum atomic E-state index is 5.46. The van der Waals surface area contributed by atoms with E-state index in [1.54, 1.807) is 14.2 Å². The smallest absolute Gasteiger partial charge is 0.122 e. The fraction of sp³-hybridized carbons (Fsp3) is 0.625. The molecule has 4 heteroatoms. The molecule has 1 fully saturated rings. The van der Waals surface area contributed by atoms with E-state index in [2.05, 4.69) is 23.5 Å². The molecule has 0 bridgehead atoms. The Hall–Kier alpha value is -0.710. The Morgan fingerprint density at radius 2 is 2.15 bits per heavy atom. The average molecular weight is 295 g/mol. The Labute approximate surface area is 126 Å². The SMILES string of the molecule is COCCCSCc1cc(CNC2CC2)ccc1OC. The standard InChI is InChI=1S/C16H25NO2S/c1-18-8-3-9-20-12-14-10-13(4-7-16(14)19-2)11-17-15-5-6-15/h4,7,10,15,17H,3,5-6,8-9,11-12H2,1-2H3. The van der Waals surface area contributed by atoms with Gasteiger partial charge in [0.2, 0.25) is 0 Å². The van der Waals surface area contributed by atoms with Gasteiger partial charge in [-0.1, -0.05) is 6.07 Å². The Kier molecular flexibility index (Phi) is 6.70. The van der Waals surface area contributed by atoms with Crippen LogP contribution >= 0.6 is 11.8 Å². The molecule has 0 saturated heterocycles. The number of hydrogen-bond donors (Lipinski definition) is 1. The fourth-order valence-electron chi connectivity index (χ4n) is 2.09. The van der Waals surface area contributed by atoms with Crippen molar-refractivity contribution in [2.24, 2.45) is 0 Å². The lowest BCUT2D eigenvalue weighted by Crippen LogP contribution is -2.15. The van der Waals surface area contributed by atoms with Gasteiger partial charge in [0.15, 0.2) is 0 Å². The number of ether oxygens (including phenoxy) is 2. The summed E-state index contributed by atoms with van der Waals surface area (Å²) < 4.78 is 10.5. The van der Waals surface area contributed by atoms with Crippen LogP contribution in [-0.4, -0.2) is 32.6 Å². The molecule has 0 heterocycles. The Balaban J connectivity index is 1.84. The maximum Gasteiger partial charge on any atom is 0.122 e. The average Bonchev–Trinajstić information content (AvgIpc) is 3.29. The highest BCUT2D eigenvalue weighted by atomic mass is 32.2. The van der Waals surface area contributed by atoms with Crippen LogP contribution in [0.25, 0.3) is 0 Å². The van der Waals surface area contributed by atoms with Gasteiger partial charge in [-0.2, -0.15) is 11.8 Å². The van der Waals surface area contributed by atoms with Gasteiger partial charge in [-0.25, -0.2) is 0 Å². The lowest BCUT2D eigenvalue weighted by Gasteiger charge is -2.11. The van der Waals surface area contributed by atoms with Crippen molar-refractivity contribution in [2.75, 3.05) is 26.6 Å². The lowest BCUT2D eigenvalue weighted by atomic mass is 10.1. The van der Waals surface area contributed by atoms with Crippen LogP contribution in [0.3, 0.4) is 0 Å². The summed E-state index contributed by atoms with van der Waals surface area (Å²) in [6, 6.07) is 7.28. The third-order valence-corrected chi connectivity index (χ3v) is 4.50. The predicted molar refractivity (Wildman–Crippen MR) is 85.5 cm³/mol. The van der Waals surface area contributed by atoms with Crippen LogP contribution < -0.4 is 10.1 Å². The minimum Gasteiger partial charge on any atom is -0.496 e. The van der Waals surface area contributed by atoms with Gasteiger partial charge in [-0.3, -0.25) is 0 Å². The monoisotopic (exact) mass is 295 g/mol. The Morgan fingerprint density at radius 3 is 2.85 bits per heavy atom. The van der Waals surface area contributed by atoms with Gasteiger partial charge >= 0.3 is 0 Å². The zero-order valence-corrected chi connectivity index (χ0v) is 13.3. The summed E-state index contributed by atoms with van der Waals surface area (Å²) >= 11 is 1.94. The van der Waals surface area contributed by atoms with Crippen LogP contribution in [0.1, 0.15) is 30.4 Å². The normalized spacial score (nSPS) is 14.5. The quantitative estimate of drug-likeness (QED) is 0.671. The number of hydrogen-bond acceptors (Lipinski definition) is 4. The third kappa shape index (κ3) is 5.35. The van der Waals surface area contributed by atoms with Gasteiger partial charge in [0, 0.05) is 37.6 Å². The first-order valence-corrected chi connectivity index (χ1v) is 8.45. The second kappa shape index (κ2) is 8.55. The van der Waals surface area contributed by atoms with E-state index >= 15 is 0 Å². The van der Waals surface area contributed by atoms with Crippen molar-refractivity contribution in [2.45, 2.75) is 37.6 Å². The van der Waals surface area contributed by atoms with Crippen molar-refractivity contribution in [3.8, 4) is 5.75 Å². The second-order valence-corrected chi connectivity index (χ2v) is 6.31. The van der Waals surface area contributed by atoms with Gasteiger partial charge in [-0.15, -0.1) is 0 Å². The summed E-state index contributed by atoms with van der Waals surface area (Å²) in [7, 11) is 3.50. The van der Waals surface area contributed by atoms with Crippen LogP contribution in [0, 0.1) is 0 Å². The molecule has 1 aliphatic carbocycles. The van der Waals surface area contributed by atoms with E-state index in [0.717, 1.165) is 42.9 Å². The molecule has 20 heavy (non-hydrogen) atoms. The second-order valence-electron chi connectivity index (χ2n) is 5.20. The van der Waals surface area contributed by atoms with Crippen molar-refractivity contribution in [3.05, 3.63) is 29.3 Å². The molecule has 0 atom stereocenters. The Morgan fingerprint density at radius 1 is 1.30 bits per heavy atom. The van der Waals surface area contributed by atoms with E-state index in [0.29, 0.717) is 0 Å². The van der Waals surface area contributed by atoms with Crippen molar-refractivity contribution in [1.29, 1.82) is 0 Å². The predicted octanol–water partition coefficient (Wildman–Crippen LogP) is 3.22. The first-order chi connectivity index (χ1) is 9.83. The molecule has 0 amide bonds. The molecule has 1 aromatic carbocycles. The Bertz CT molecular complexity index is 407. The summed E-state index contributed by atoms with van der Waals surface area (Å²) in [4.78, 5) is 0. The molecule has 0 aromatic heterocycles. The molecule has 1 saturated carbocycles. The van der Waals surface area contributed by atoms with Crippen molar-refractivity contribution >= 4 is 11.8 Å². The van der Waals surface area contributed by atoms with E-state index in [4.69, 9.17) is 9.47 Å². The number of benzene rings is 1. The highest BCUT2D eigenvalue weighted by Gasteiger charge is 2.20. The molecule has 112 valence electrons. The molecular formula is C16H25NO2S. The highest BCUT2D eigenvalue weighted by molar-refractivity contribution is 7.98. The molecule has 0 unspecified atom stereocenters. The largest absolute Gasteiger partial charge is 0.496 e. The van der Waals surface area contributed by atoms with Crippen LogP contribution in [0.5, 0.6) is 5.75 Å². The molecule has 1 N–H and O–H groups in total. The topological polar surface area (TPSA) is 30.5 Å². The number of nitrogens with one attached hydrogen (secondary N) is 1. The molecule has 2 rings (SSSR count). The van der Waals surface area contributed by atoms with Gasteiger partial charge in [-0.05, 0) is 42.7 Å². The lowest BCUT2D eigenvalue weighted by molar-refractivity contribution is 0.200. The number of thioether (sulfide) groups is 1. The van der Waals surface area contributed by atoms with Gasteiger partial charge in [0.1, 0.15) is 5.75 Å². The van der Waals surface area contributed by atoms with Gasteiger partial charge < -0.3 is 14.8 Å². The summed E-state index contributed by atoms with van der Waals surface area (Å²) in [6.45, 7) is 1.81. The molecule has 1 aliphatic rings. The van der Waals surface area contributed by atoms with Crippen LogP contribution in [0.2, 0.25) is 0 Å². The minimum absolute atomic E-state index is 0.754. The molecule has 0 spiro atoms. The summed E-state index contributed by atoms with van der Waals surface area (Å²) in [5, 5.41) is 3.56. The van der Waals surface area contributed by atoms with Crippen LogP contribution in [-0.2, 0) is 17.0 Å². The zero-order chi connectivity index (χ0) is 14.2. The zero-order valence-electron chi connectivity index (χ0n) is 12.5. The number of rotatable bonds is 10. The first kappa shape index (κ1) is 15.7. The van der Waals surface area contributed by atoms with Crippen molar-refractivity contribution < 1.29 is 9.47 Å². The molecular weight excluding hydrogens is 270 g/mol. The molecule has 3 nitrogen and oxygen atoms in total.